The van der Waals surface area contributed by atoms with Crippen LogP contribution in [0.25, 0.3) is 0 Å². The molecule has 0 fully saturated rings. The lowest BCUT2D eigenvalue weighted by Gasteiger charge is -2.15. The quantitative estimate of drug-likeness (QED) is 0.744. The van der Waals surface area contributed by atoms with Gasteiger partial charge in [-0.05, 0) is 24.5 Å². The Labute approximate surface area is 119 Å². The summed E-state index contributed by atoms with van der Waals surface area (Å²) in [5.74, 6) is -0.195. The molecule has 2 rings (SSSR count). The summed E-state index contributed by atoms with van der Waals surface area (Å²) in [6.45, 7) is 3.02. The van der Waals surface area contributed by atoms with Gasteiger partial charge in [0, 0.05) is 6.61 Å². The summed E-state index contributed by atoms with van der Waals surface area (Å²) in [7, 11) is 0. The van der Waals surface area contributed by atoms with E-state index in [0.29, 0.717) is 19.6 Å². The van der Waals surface area contributed by atoms with E-state index < -0.39 is 0 Å². The molecule has 0 bridgehead atoms. The first kappa shape index (κ1) is 14.5. The molecule has 0 heterocycles. The van der Waals surface area contributed by atoms with Gasteiger partial charge in [0.25, 0.3) is 0 Å². The van der Waals surface area contributed by atoms with Crippen LogP contribution in [0.1, 0.15) is 25.3 Å². The molecule has 0 radical (unpaired) electrons. The number of carbonyl (C=O) groups is 1. The van der Waals surface area contributed by atoms with Crippen molar-refractivity contribution < 1.29 is 14.3 Å². The Hall–Kier alpha value is -1.87. The van der Waals surface area contributed by atoms with Crippen molar-refractivity contribution in [2.45, 2.75) is 32.5 Å². The van der Waals surface area contributed by atoms with Gasteiger partial charge >= 0.3 is 5.97 Å². The standard InChI is InChI=1S/C17H20O3/c1-2-19-16-10-8-14(9-11-16)12-17(18)20-13-15-6-4-3-5-7-15/h3-10,16H,2,11-13H2,1H3. The number of ether oxygens (including phenoxy) is 2. The van der Waals surface area contributed by atoms with Crippen molar-refractivity contribution in [1.29, 1.82) is 0 Å². The maximum absolute atomic E-state index is 11.8. The molecule has 1 atom stereocenters. The number of rotatable bonds is 6. The highest BCUT2D eigenvalue weighted by molar-refractivity contribution is 5.73. The van der Waals surface area contributed by atoms with E-state index in [0.717, 1.165) is 17.6 Å². The number of carbonyl (C=O) groups excluding carboxylic acids is 1. The van der Waals surface area contributed by atoms with Gasteiger partial charge in [-0.2, -0.15) is 0 Å². The minimum atomic E-state index is -0.195. The Morgan fingerprint density at radius 2 is 2.10 bits per heavy atom. The van der Waals surface area contributed by atoms with Crippen LogP contribution in [0, 0.1) is 0 Å². The molecule has 106 valence electrons. The molecule has 0 N–H and O–H groups in total. The van der Waals surface area contributed by atoms with Gasteiger partial charge in [0.05, 0.1) is 12.5 Å². The summed E-state index contributed by atoms with van der Waals surface area (Å²) in [5, 5.41) is 0. The Morgan fingerprint density at radius 3 is 2.75 bits per heavy atom. The topological polar surface area (TPSA) is 35.5 Å². The summed E-state index contributed by atoms with van der Waals surface area (Å²) in [5.41, 5.74) is 2.00. The fourth-order valence-electron chi connectivity index (χ4n) is 2.07. The molecule has 0 amide bonds. The van der Waals surface area contributed by atoms with E-state index in [2.05, 4.69) is 0 Å². The molecule has 0 saturated heterocycles. The Bertz CT molecular complexity index is 488. The van der Waals surface area contributed by atoms with Crippen LogP contribution in [0.3, 0.4) is 0 Å². The lowest BCUT2D eigenvalue weighted by molar-refractivity contribution is -0.144. The number of esters is 1. The molecule has 20 heavy (non-hydrogen) atoms. The second kappa shape index (κ2) is 7.65. The molecule has 3 nitrogen and oxygen atoms in total. The van der Waals surface area contributed by atoms with Gasteiger partial charge < -0.3 is 9.47 Å². The number of allylic oxidation sites excluding steroid dienone is 1. The molecule has 0 spiro atoms. The second-order valence-corrected chi connectivity index (χ2v) is 4.69. The Morgan fingerprint density at radius 1 is 1.30 bits per heavy atom. The molecule has 1 aliphatic carbocycles. The van der Waals surface area contributed by atoms with Crippen LogP contribution in [-0.2, 0) is 20.9 Å². The predicted molar refractivity (Wildman–Crippen MR) is 78.1 cm³/mol. The summed E-state index contributed by atoms with van der Waals surface area (Å²) in [6.07, 6.45) is 7.29. The first-order valence-corrected chi connectivity index (χ1v) is 6.96. The van der Waals surface area contributed by atoms with Gasteiger partial charge in [0.1, 0.15) is 6.61 Å². The van der Waals surface area contributed by atoms with Crippen molar-refractivity contribution >= 4 is 5.97 Å². The fraction of sp³-hybridized carbons (Fsp3) is 0.353. The molecular weight excluding hydrogens is 252 g/mol. The molecule has 0 aliphatic heterocycles. The third-order valence-electron chi connectivity index (χ3n) is 3.11. The zero-order chi connectivity index (χ0) is 14.2. The van der Waals surface area contributed by atoms with E-state index in [1.54, 1.807) is 0 Å². The van der Waals surface area contributed by atoms with Crippen LogP contribution < -0.4 is 0 Å². The van der Waals surface area contributed by atoms with Gasteiger partial charge in [-0.3, -0.25) is 4.79 Å². The second-order valence-electron chi connectivity index (χ2n) is 4.69. The van der Waals surface area contributed by atoms with Crippen molar-refractivity contribution in [2.75, 3.05) is 6.61 Å². The summed E-state index contributed by atoms with van der Waals surface area (Å²) >= 11 is 0. The number of hydrogen-bond acceptors (Lipinski definition) is 3. The zero-order valence-electron chi connectivity index (χ0n) is 11.7. The third-order valence-corrected chi connectivity index (χ3v) is 3.11. The van der Waals surface area contributed by atoms with Gasteiger partial charge in [-0.1, -0.05) is 48.6 Å². The molecule has 3 heteroatoms. The monoisotopic (exact) mass is 272 g/mol. The highest BCUT2D eigenvalue weighted by Crippen LogP contribution is 2.16. The van der Waals surface area contributed by atoms with Crippen LogP contribution >= 0.6 is 0 Å². The van der Waals surface area contributed by atoms with Crippen molar-refractivity contribution in [3.05, 3.63) is 59.7 Å². The molecular formula is C17H20O3. The summed E-state index contributed by atoms with van der Waals surface area (Å²) < 4.78 is 10.8. The molecule has 0 saturated carbocycles. The van der Waals surface area contributed by atoms with Gasteiger partial charge in [0.2, 0.25) is 0 Å². The van der Waals surface area contributed by atoms with Gasteiger partial charge in [0.15, 0.2) is 0 Å². The minimum Gasteiger partial charge on any atom is -0.461 e. The molecule has 0 aromatic heterocycles. The van der Waals surface area contributed by atoms with E-state index in [1.165, 1.54) is 0 Å². The van der Waals surface area contributed by atoms with Crippen molar-refractivity contribution in [3.8, 4) is 0 Å². The largest absolute Gasteiger partial charge is 0.461 e. The van der Waals surface area contributed by atoms with Crippen molar-refractivity contribution in [3.63, 3.8) is 0 Å². The maximum atomic E-state index is 11.8. The summed E-state index contributed by atoms with van der Waals surface area (Å²) in [6, 6.07) is 9.70. The first-order valence-electron chi connectivity index (χ1n) is 6.96. The average Bonchev–Trinajstić information content (AvgIpc) is 2.49. The van der Waals surface area contributed by atoms with E-state index >= 15 is 0 Å². The van der Waals surface area contributed by atoms with Gasteiger partial charge in [-0.25, -0.2) is 0 Å². The fourth-order valence-corrected chi connectivity index (χ4v) is 2.07. The SMILES string of the molecule is CCOC1C=CC(CC(=O)OCc2ccccc2)=CC1. The molecule has 1 aromatic carbocycles. The molecule has 1 aliphatic rings. The van der Waals surface area contributed by atoms with Crippen LogP contribution in [0.5, 0.6) is 0 Å². The first-order chi connectivity index (χ1) is 9.78. The molecule has 1 aromatic rings. The normalized spacial score (nSPS) is 17.6. The van der Waals surface area contributed by atoms with Crippen molar-refractivity contribution in [2.24, 2.45) is 0 Å². The predicted octanol–water partition coefficient (Wildman–Crippen LogP) is 3.41. The van der Waals surface area contributed by atoms with E-state index in [9.17, 15) is 4.79 Å². The van der Waals surface area contributed by atoms with E-state index in [1.807, 2.05) is 55.5 Å². The minimum absolute atomic E-state index is 0.143. The lowest BCUT2D eigenvalue weighted by atomic mass is 10.0. The van der Waals surface area contributed by atoms with Crippen LogP contribution in [-0.4, -0.2) is 18.7 Å². The van der Waals surface area contributed by atoms with E-state index in [4.69, 9.17) is 9.47 Å². The van der Waals surface area contributed by atoms with Crippen LogP contribution in [0.2, 0.25) is 0 Å². The van der Waals surface area contributed by atoms with Crippen molar-refractivity contribution in [1.82, 2.24) is 0 Å². The lowest BCUT2D eigenvalue weighted by Crippen LogP contribution is -2.12. The zero-order valence-corrected chi connectivity index (χ0v) is 11.7. The Kier molecular flexibility index (Phi) is 5.56. The highest BCUT2D eigenvalue weighted by atomic mass is 16.5. The van der Waals surface area contributed by atoms with Gasteiger partial charge in [-0.15, -0.1) is 0 Å². The van der Waals surface area contributed by atoms with Crippen LogP contribution in [0.15, 0.2) is 54.1 Å². The van der Waals surface area contributed by atoms with E-state index in [-0.39, 0.29) is 12.1 Å². The number of hydrogen-bond donors (Lipinski definition) is 0. The third kappa shape index (κ3) is 4.67. The smallest absolute Gasteiger partial charge is 0.310 e. The number of benzene rings is 1. The molecule has 1 unspecified atom stereocenters. The summed E-state index contributed by atoms with van der Waals surface area (Å²) in [4.78, 5) is 11.8. The Balaban J connectivity index is 1.74. The maximum Gasteiger partial charge on any atom is 0.310 e. The average molecular weight is 272 g/mol. The highest BCUT2D eigenvalue weighted by Gasteiger charge is 2.11. The van der Waals surface area contributed by atoms with Crippen LogP contribution in [0.4, 0.5) is 0 Å².